The Labute approximate surface area is 121 Å². The zero-order valence-corrected chi connectivity index (χ0v) is 13.1. The number of hydrogen-bond acceptors (Lipinski definition) is 2. The lowest BCUT2D eigenvalue weighted by molar-refractivity contribution is 0.140. The van der Waals surface area contributed by atoms with Gasteiger partial charge in [0, 0.05) is 7.05 Å². The highest BCUT2D eigenvalue weighted by Crippen LogP contribution is 2.43. The molecule has 1 aliphatic carbocycles. The van der Waals surface area contributed by atoms with Crippen LogP contribution in [-0.2, 0) is 13.5 Å². The van der Waals surface area contributed by atoms with E-state index in [2.05, 4.69) is 12.0 Å². The lowest BCUT2D eigenvalue weighted by atomic mass is 9.66. The average molecular weight is 284 g/mol. The molecule has 0 radical (unpaired) electrons. The summed E-state index contributed by atoms with van der Waals surface area (Å²) in [6.07, 6.45) is 7.34. The molecular weight excluding hydrogens is 258 g/mol. The molecule has 108 valence electrons. The molecule has 0 amide bonds. The third kappa shape index (κ3) is 2.97. The highest BCUT2D eigenvalue weighted by Gasteiger charge is 2.36. The van der Waals surface area contributed by atoms with E-state index in [0.29, 0.717) is 0 Å². The molecule has 0 saturated heterocycles. The highest BCUT2D eigenvalue weighted by atomic mass is 35.5. The highest BCUT2D eigenvalue weighted by molar-refractivity contribution is 6.31. The molecule has 2 rings (SSSR count). The zero-order chi connectivity index (χ0) is 14.0. The van der Waals surface area contributed by atoms with Crippen molar-refractivity contribution in [1.29, 1.82) is 0 Å². The molecule has 0 spiro atoms. The van der Waals surface area contributed by atoms with Gasteiger partial charge >= 0.3 is 0 Å². The Morgan fingerprint density at radius 3 is 2.79 bits per heavy atom. The minimum atomic E-state index is 0.225. The average Bonchev–Trinajstić information content (AvgIpc) is 2.65. The number of nitrogens with two attached hydrogens (primary N) is 1. The van der Waals surface area contributed by atoms with Crippen LogP contribution < -0.4 is 5.73 Å². The maximum atomic E-state index is 6.40. The van der Waals surface area contributed by atoms with E-state index in [9.17, 15) is 0 Å². The van der Waals surface area contributed by atoms with Crippen LogP contribution in [0.5, 0.6) is 0 Å². The second kappa shape index (κ2) is 5.84. The molecular formula is C15H26ClN3. The van der Waals surface area contributed by atoms with Crippen LogP contribution in [0.3, 0.4) is 0 Å². The topological polar surface area (TPSA) is 43.8 Å². The third-order valence-electron chi connectivity index (χ3n) is 4.86. The van der Waals surface area contributed by atoms with E-state index in [-0.39, 0.29) is 5.41 Å². The van der Waals surface area contributed by atoms with Crippen molar-refractivity contribution in [3.8, 4) is 0 Å². The Balaban J connectivity index is 2.22. The van der Waals surface area contributed by atoms with Gasteiger partial charge in [-0.15, -0.1) is 0 Å². The SMILES string of the molecule is CCC1CCCC(CN)(Cc2c(Cl)c(C)nn2C)C1. The van der Waals surface area contributed by atoms with Crippen molar-refractivity contribution in [2.75, 3.05) is 6.54 Å². The quantitative estimate of drug-likeness (QED) is 0.919. The van der Waals surface area contributed by atoms with Gasteiger partial charge < -0.3 is 5.73 Å². The van der Waals surface area contributed by atoms with Crippen molar-refractivity contribution in [2.45, 2.75) is 52.4 Å². The Morgan fingerprint density at radius 2 is 2.26 bits per heavy atom. The van der Waals surface area contributed by atoms with Gasteiger partial charge in [-0.3, -0.25) is 4.68 Å². The first kappa shape index (κ1) is 14.9. The molecule has 1 aromatic heterocycles. The molecule has 1 saturated carbocycles. The van der Waals surface area contributed by atoms with Gasteiger partial charge in [-0.2, -0.15) is 5.10 Å². The first-order valence-corrected chi connectivity index (χ1v) is 7.77. The van der Waals surface area contributed by atoms with Crippen LogP contribution >= 0.6 is 11.6 Å². The third-order valence-corrected chi connectivity index (χ3v) is 5.35. The summed E-state index contributed by atoms with van der Waals surface area (Å²) in [5.74, 6) is 0.824. The van der Waals surface area contributed by atoms with Gasteiger partial charge in [0.25, 0.3) is 0 Å². The van der Waals surface area contributed by atoms with Crippen LogP contribution in [0.2, 0.25) is 5.02 Å². The predicted molar refractivity (Wildman–Crippen MR) is 80.4 cm³/mol. The van der Waals surface area contributed by atoms with E-state index in [0.717, 1.165) is 35.3 Å². The van der Waals surface area contributed by atoms with E-state index in [1.807, 2.05) is 18.7 Å². The van der Waals surface area contributed by atoms with E-state index < -0.39 is 0 Å². The van der Waals surface area contributed by atoms with Crippen LogP contribution in [0, 0.1) is 18.3 Å². The maximum Gasteiger partial charge on any atom is 0.0847 e. The largest absolute Gasteiger partial charge is 0.330 e. The van der Waals surface area contributed by atoms with Crippen molar-refractivity contribution in [1.82, 2.24) is 9.78 Å². The Kier molecular flexibility index (Phi) is 4.57. The first-order chi connectivity index (χ1) is 9.01. The summed E-state index contributed by atoms with van der Waals surface area (Å²) in [4.78, 5) is 0. The minimum absolute atomic E-state index is 0.225. The Bertz CT molecular complexity index is 441. The normalized spacial score (nSPS) is 27.7. The van der Waals surface area contributed by atoms with Gasteiger partial charge in [-0.25, -0.2) is 0 Å². The summed E-state index contributed by atoms with van der Waals surface area (Å²) in [6.45, 7) is 5.01. The molecule has 2 N–H and O–H groups in total. The lowest BCUT2D eigenvalue weighted by Gasteiger charge is -2.40. The van der Waals surface area contributed by atoms with Gasteiger partial charge in [0.1, 0.15) is 0 Å². The minimum Gasteiger partial charge on any atom is -0.330 e. The number of hydrogen-bond donors (Lipinski definition) is 1. The number of halogens is 1. The molecule has 1 fully saturated rings. The molecule has 2 atom stereocenters. The molecule has 2 unspecified atom stereocenters. The lowest BCUT2D eigenvalue weighted by Crippen LogP contribution is -2.38. The monoisotopic (exact) mass is 283 g/mol. The number of aromatic nitrogens is 2. The molecule has 1 aromatic rings. The molecule has 3 nitrogen and oxygen atoms in total. The second-order valence-corrected chi connectivity index (χ2v) is 6.60. The first-order valence-electron chi connectivity index (χ1n) is 7.39. The van der Waals surface area contributed by atoms with Crippen LogP contribution in [0.1, 0.15) is 50.4 Å². The summed E-state index contributed by atoms with van der Waals surface area (Å²) in [5, 5.41) is 5.25. The van der Waals surface area contributed by atoms with E-state index in [1.165, 1.54) is 32.1 Å². The fourth-order valence-corrected chi connectivity index (χ4v) is 3.80. The number of rotatable bonds is 4. The zero-order valence-electron chi connectivity index (χ0n) is 12.4. The molecule has 0 aromatic carbocycles. The number of aryl methyl sites for hydroxylation is 2. The summed E-state index contributed by atoms with van der Waals surface area (Å²) in [6, 6.07) is 0. The van der Waals surface area contributed by atoms with E-state index in [4.69, 9.17) is 17.3 Å². The fraction of sp³-hybridized carbons (Fsp3) is 0.800. The Morgan fingerprint density at radius 1 is 1.53 bits per heavy atom. The standard InChI is InChI=1S/C15H26ClN3/c1-4-12-6-5-7-15(8-12,10-17)9-13-14(16)11(2)18-19(13)3/h12H,4-10,17H2,1-3H3. The second-order valence-electron chi connectivity index (χ2n) is 6.22. The molecule has 0 aliphatic heterocycles. The van der Waals surface area contributed by atoms with Crippen LogP contribution in [-0.4, -0.2) is 16.3 Å². The molecule has 0 bridgehead atoms. The molecule has 1 heterocycles. The maximum absolute atomic E-state index is 6.40. The van der Waals surface area contributed by atoms with Crippen molar-refractivity contribution < 1.29 is 0 Å². The molecule has 19 heavy (non-hydrogen) atoms. The van der Waals surface area contributed by atoms with Gasteiger partial charge in [0.15, 0.2) is 0 Å². The predicted octanol–water partition coefficient (Wildman–Crippen LogP) is 3.47. The molecule has 4 heteroatoms. The summed E-state index contributed by atoms with van der Waals surface area (Å²) < 4.78 is 1.94. The summed E-state index contributed by atoms with van der Waals surface area (Å²) in [7, 11) is 1.98. The van der Waals surface area contributed by atoms with Crippen molar-refractivity contribution in [3.63, 3.8) is 0 Å². The van der Waals surface area contributed by atoms with Gasteiger partial charge in [0.2, 0.25) is 0 Å². The smallest absolute Gasteiger partial charge is 0.0847 e. The number of nitrogens with zero attached hydrogens (tertiary/aromatic N) is 2. The van der Waals surface area contributed by atoms with Gasteiger partial charge in [-0.05, 0) is 44.1 Å². The summed E-state index contributed by atoms with van der Waals surface area (Å²) >= 11 is 6.40. The summed E-state index contributed by atoms with van der Waals surface area (Å²) in [5.41, 5.74) is 8.44. The van der Waals surface area contributed by atoms with Gasteiger partial charge in [-0.1, -0.05) is 37.8 Å². The fourth-order valence-electron chi connectivity index (χ4n) is 3.58. The van der Waals surface area contributed by atoms with Crippen molar-refractivity contribution in [3.05, 3.63) is 16.4 Å². The van der Waals surface area contributed by atoms with Crippen LogP contribution in [0.25, 0.3) is 0 Å². The van der Waals surface area contributed by atoms with E-state index in [1.54, 1.807) is 0 Å². The Hall–Kier alpha value is -0.540. The van der Waals surface area contributed by atoms with Gasteiger partial charge in [0.05, 0.1) is 16.4 Å². The van der Waals surface area contributed by atoms with Crippen molar-refractivity contribution in [2.24, 2.45) is 24.1 Å². The van der Waals surface area contributed by atoms with Crippen molar-refractivity contribution >= 4 is 11.6 Å². The van der Waals surface area contributed by atoms with Crippen LogP contribution in [0.4, 0.5) is 0 Å². The van der Waals surface area contributed by atoms with Crippen LogP contribution in [0.15, 0.2) is 0 Å². The van der Waals surface area contributed by atoms with E-state index >= 15 is 0 Å². The molecule has 1 aliphatic rings.